The first kappa shape index (κ1) is 23.6. The third-order valence-electron chi connectivity index (χ3n) is 6.59. The molecule has 0 spiro atoms. The molecule has 2 fully saturated rings. The standard InChI is InChI=1S/C23H20ClF3N2O3S/c24-17-4-3-15(23(30)29-16-10-18(25)21(27)19(26)11-16)9-20(17)33(31,32)22-13-1-2-14(22)8-12(7-13)5-6-28/h3-4,9-14,22H,1-2,5,7-8H2,(H,29,30)/t12-,13-,14?,22?/m0/s1. The van der Waals surface area contributed by atoms with Crippen molar-refractivity contribution in [2.75, 3.05) is 5.32 Å². The molecule has 0 radical (unpaired) electrons. The number of nitrogens with one attached hydrogen (secondary N) is 1. The van der Waals surface area contributed by atoms with Crippen LogP contribution in [0.15, 0.2) is 35.2 Å². The van der Waals surface area contributed by atoms with Crippen molar-refractivity contribution in [1.82, 2.24) is 0 Å². The van der Waals surface area contributed by atoms with Crippen LogP contribution < -0.4 is 5.32 Å². The minimum atomic E-state index is -3.88. The second kappa shape index (κ2) is 8.99. The van der Waals surface area contributed by atoms with Crippen LogP contribution in [0.1, 0.15) is 42.5 Å². The third kappa shape index (κ3) is 4.46. The van der Waals surface area contributed by atoms with Gasteiger partial charge in [-0.3, -0.25) is 4.79 Å². The fourth-order valence-corrected chi connectivity index (χ4v) is 8.11. The highest BCUT2D eigenvalue weighted by molar-refractivity contribution is 7.92. The maximum Gasteiger partial charge on any atom is 0.255 e. The average Bonchev–Trinajstić information content (AvgIpc) is 3.04. The number of fused-ring (bicyclic) bond motifs is 2. The number of hydrogen-bond donors (Lipinski definition) is 1. The van der Waals surface area contributed by atoms with E-state index in [9.17, 15) is 26.4 Å². The summed E-state index contributed by atoms with van der Waals surface area (Å²) in [6, 6.07) is 7.16. The van der Waals surface area contributed by atoms with Crippen molar-refractivity contribution >= 4 is 33.0 Å². The van der Waals surface area contributed by atoms with Gasteiger partial charge >= 0.3 is 0 Å². The van der Waals surface area contributed by atoms with Crippen LogP contribution in [-0.4, -0.2) is 19.6 Å². The van der Waals surface area contributed by atoms with E-state index >= 15 is 0 Å². The Hall–Kier alpha value is -2.57. The zero-order valence-corrected chi connectivity index (χ0v) is 18.9. The van der Waals surface area contributed by atoms with E-state index in [1.54, 1.807) is 0 Å². The molecule has 2 aromatic rings. The van der Waals surface area contributed by atoms with Gasteiger partial charge in [0, 0.05) is 29.8 Å². The predicted molar refractivity (Wildman–Crippen MR) is 116 cm³/mol. The Labute approximate surface area is 194 Å². The molecule has 5 nitrogen and oxygen atoms in total. The van der Waals surface area contributed by atoms with Crippen LogP contribution in [0.2, 0.25) is 5.02 Å². The Bertz CT molecular complexity index is 1230. The van der Waals surface area contributed by atoms with E-state index in [4.69, 9.17) is 16.9 Å². The molecule has 2 aliphatic rings. The van der Waals surface area contributed by atoms with Crippen molar-refractivity contribution in [2.24, 2.45) is 17.8 Å². The van der Waals surface area contributed by atoms with Crippen molar-refractivity contribution in [3.05, 3.63) is 58.4 Å². The van der Waals surface area contributed by atoms with Gasteiger partial charge in [0.15, 0.2) is 27.3 Å². The summed E-state index contributed by atoms with van der Waals surface area (Å²) < 4.78 is 67.2. The van der Waals surface area contributed by atoms with Crippen molar-refractivity contribution in [3.8, 4) is 6.07 Å². The lowest BCUT2D eigenvalue weighted by Gasteiger charge is -2.34. The molecular formula is C23H20ClF3N2O3S. The second-order valence-corrected chi connectivity index (χ2v) is 11.1. The Morgan fingerprint density at radius 2 is 1.70 bits per heavy atom. The van der Waals surface area contributed by atoms with Crippen LogP contribution in [0.5, 0.6) is 0 Å². The number of halogens is 4. The Morgan fingerprint density at radius 3 is 2.27 bits per heavy atom. The summed E-state index contributed by atoms with van der Waals surface area (Å²) >= 11 is 6.22. The Kier molecular flexibility index (Phi) is 6.43. The molecule has 0 heterocycles. The molecule has 2 saturated carbocycles. The first-order chi connectivity index (χ1) is 15.6. The first-order valence-corrected chi connectivity index (χ1v) is 12.4. The van der Waals surface area contributed by atoms with E-state index in [0.29, 0.717) is 31.4 Å². The quantitative estimate of drug-likeness (QED) is 0.553. The first-order valence-electron chi connectivity index (χ1n) is 10.5. The lowest BCUT2D eigenvalue weighted by Crippen LogP contribution is -2.37. The maximum atomic E-state index is 13.6. The number of rotatable bonds is 5. The molecule has 0 aromatic heterocycles. The minimum Gasteiger partial charge on any atom is -0.322 e. The molecule has 4 rings (SSSR count). The Balaban J connectivity index is 1.61. The molecule has 2 aromatic carbocycles. The summed E-state index contributed by atoms with van der Waals surface area (Å²) in [5.41, 5.74) is -0.391. The molecule has 10 heteroatoms. The summed E-state index contributed by atoms with van der Waals surface area (Å²) in [5.74, 6) is -5.39. The number of hydrogen-bond acceptors (Lipinski definition) is 4. The van der Waals surface area contributed by atoms with E-state index in [-0.39, 0.29) is 38.9 Å². The second-order valence-electron chi connectivity index (χ2n) is 8.66. The summed E-state index contributed by atoms with van der Waals surface area (Å²) in [6.45, 7) is 0. The van der Waals surface area contributed by atoms with Crippen LogP contribution >= 0.6 is 11.6 Å². The fourth-order valence-electron chi connectivity index (χ4n) is 5.24. The smallest absolute Gasteiger partial charge is 0.255 e. The molecular weight excluding hydrogens is 477 g/mol. The average molecular weight is 497 g/mol. The number of anilines is 1. The highest BCUT2D eigenvalue weighted by atomic mass is 35.5. The monoisotopic (exact) mass is 496 g/mol. The maximum absolute atomic E-state index is 13.6. The van der Waals surface area contributed by atoms with Gasteiger partial charge in [0.1, 0.15) is 0 Å². The molecule has 33 heavy (non-hydrogen) atoms. The molecule has 4 atom stereocenters. The molecule has 0 aliphatic heterocycles. The van der Waals surface area contributed by atoms with Crippen LogP contribution in [0.25, 0.3) is 0 Å². The molecule has 2 aliphatic carbocycles. The van der Waals surface area contributed by atoms with E-state index in [1.165, 1.54) is 12.1 Å². The minimum absolute atomic E-state index is 0.0241. The molecule has 1 N–H and O–H groups in total. The number of carbonyl (C=O) groups excluding carboxylic acids is 1. The van der Waals surface area contributed by atoms with Gasteiger partial charge in [0.25, 0.3) is 5.91 Å². The molecule has 2 bridgehead atoms. The van der Waals surface area contributed by atoms with Crippen LogP contribution in [0.3, 0.4) is 0 Å². The van der Waals surface area contributed by atoms with Crippen LogP contribution in [0, 0.1) is 46.5 Å². The highest BCUT2D eigenvalue weighted by Gasteiger charge is 2.49. The Morgan fingerprint density at radius 1 is 1.09 bits per heavy atom. The van der Waals surface area contributed by atoms with Crippen LogP contribution in [0.4, 0.5) is 18.9 Å². The number of sulfone groups is 1. The van der Waals surface area contributed by atoms with Crippen LogP contribution in [-0.2, 0) is 9.84 Å². The van der Waals surface area contributed by atoms with E-state index in [0.717, 1.165) is 18.9 Å². The third-order valence-corrected chi connectivity index (χ3v) is 9.47. The van der Waals surface area contributed by atoms with E-state index in [1.807, 2.05) is 0 Å². The number of nitriles is 1. The molecule has 0 saturated heterocycles. The van der Waals surface area contributed by atoms with Crippen molar-refractivity contribution < 1.29 is 26.4 Å². The van der Waals surface area contributed by atoms with E-state index < -0.39 is 38.4 Å². The van der Waals surface area contributed by atoms with Gasteiger partial charge in [-0.25, -0.2) is 21.6 Å². The summed E-state index contributed by atoms with van der Waals surface area (Å²) in [5, 5.41) is 10.6. The number of carbonyl (C=O) groups is 1. The normalized spacial score (nSPS) is 24.3. The summed E-state index contributed by atoms with van der Waals surface area (Å²) in [7, 11) is -3.88. The van der Waals surface area contributed by atoms with Crippen molar-refractivity contribution in [1.29, 1.82) is 5.26 Å². The van der Waals surface area contributed by atoms with Gasteiger partial charge in [0.2, 0.25) is 0 Å². The summed E-state index contributed by atoms with van der Waals surface area (Å²) in [6.07, 6.45) is 3.24. The fraction of sp³-hybridized carbons (Fsp3) is 0.391. The van der Waals surface area contributed by atoms with Gasteiger partial charge < -0.3 is 5.32 Å². The lowest BCUT2D eigenvalue weighted by molar-refractivity contribution is 0.102. The van der Waals surface area contributed by atoms with Gasteiger partial charge in [-0.2, -0.15) is 5.26 Å². The molecule has 1 amide bonds. The topological polar surface area (TPSA) is 87.0 Å². The van der Waals surface area contributed by atoms with Gasteiger partial charge in [0.05, 0.1) is 21.2 Å². The van der Waals surface area contributed by atoms with Gasteiger partial charge in [-0.15, -0.1) is 0 Å². The number of amides is 1. The number of benzene rings is 2. The van der Waals surface area contributed by atoms with E-state index in [2.05, 4.69) is 11.4 Å². The zero-order chi connectivity index (χ0) is 23.9. The number of nitrogens with zero attached hydrogens (tertiary/aromatic N) is 1. The highest BCUT2D eigenvalue weighted by Crippen LogP contribution is 2.50. The van der Waals surface area contributed by atoms with Crippen molar-refractivity contribution in [3.63, 3.8) is 0 Å². The molecule has 2 unspecified atom stereocenters. The van der Waals surface area contributed by atoms with Gasteiger partial charge in [-0.1, -0.05) is 11.6 Å². The lowest BCUT2D eigenvalue weighted by atomic mass is 9.79. The van der Waals surface area contributed by atoms with Crippen molar-refractivity contribution in [2.45, 2.75) is 42.2 Å². The predicted octanol–water partition coefficient (Wildman–Crippen LogP) is 5.50. The zero-order valence-electron chi connectivity index (χ0n) is 17.3. The molecule has 174 valence electrons. The van der Waals surface area contributed by atoms with Gasteiger partial charge in [-0.05, 0) is 61.6 Å². The largest absolute Gasteiger partial charge is 0.322 e. The SMILES string of the molecule is N#CC[C@@H]1CC2CC[C@@H](C1)C2S(=O)(=O)c1cc(C(=O)Nc2cc(F)c(F)c(F)c2)ccc1Cl. The summed E-state index contributed by atoms with van der Waals surface area (Å²) in [4.78, 5) is 12.5.